The van der Waals surface area contributed by atoms with Gasteiger partial charge in [0.25, 0.3) is 0 Å². The molecule has 0 atom stereocenters. The van der Waals surface area contributed by atoms with Crippen molar-refractivity contribution >= 4 is 28.3 Å². The maximum atomic E-state index is 12.7. The minimum absolute atomic E-state index is 0.306. The van der Waals surface area contributed by atoms with Crippen molar-refractivity contribution in [3.05, 3.63) is 64.6 Å². The molecule has 3 rings (SSSR count). The molecule has 6 heteroatoms. The summed E-state index contributed by atoms with van der Waals surface area (Å²) in [6, 6.07) is 5.03. The zero-order valence-electron chi connectivity index (χ0n) is 11.3. The number of nitrogens with zero attached hydrogens (tertiary/aromatic N) is 2. The van der Waals surface area contributed by atoms with E-state index < -0.39 is 11.7 Å². The molecule has 1 aromatic carbocycles. The third-order valence-corrected chi connectivity index (χ3v) is 3.75. The molecule has 112 valence electrons. The number of aromatic nitrogens is 1. The predicted octanol–water partition coefficient (Wildman–Crippen LogP) is 5.28. The van der Waals surface area contributed by atoms with Gasteiger partial charge in [0.1, 0.15) is 0 Å². The van der Waals surface area contributed by atoms with Gasteiger partial charge in [0, 0.05) is 17.5 Å². The smallest absolute Gasteiger partial charge is 0.253 e. The van der Waals surface area contributed by atoms with E-state index in [1.165, 1.54) is 17.4 Å². The summed E-state index contributed by atoms with van der Waals surface area (Å²) >= 11 is 1.52. The van der Waals surface area contributed by atoms with Crippen molar-refractivity contribution < 1.29 is 13.2 Å². The fourth-order valence-electron chi connectivity index (χ4n) is 2.08. The number of allylic oxidation sites excluding steroid dienone is 4. The largest absolute Gasteiger partial charge is 0.416 e. The lowest BCUT2D eigenvalue weighted by molar-refractivity contribution is -0.137. The van der Waals surface area contributed by atoms with Crippen molar-refractivity contribution in [3.8, 4) is 0 Å². The molecule has 1 aromatic heterocycles. The summed E-state index contributed by atoms with van der Waals surface area (Å²) in [6.07, 6.45) is 1.89. The second kappa shape index (κ2) is 5.88. The third kappa shape index (κ3) is 3.33. The average molecular weight is 320 g/mol. The molecule has 2 aromatic rings. The first kappa shape index (κ1) is 14.7. The maximum absolute atomic E-state index is 12.7. The molecular weight excluding hydrogens is 309 g/mol. The second-order valence-electron chi connectivity index (χ2n) is 4.72. The Balaban J connectivity index is 1.79. The van der Waals surface area contributed by atoms with Gasteiger partial charge in [0.2, 0.25) is 0 Å². The number of halogens is 3. The van der Waals surface area contributed by atoms with E-state index in [2.05, 4.69) is 9.98 Å². The van der Waals surface area contributed by atoms with Crippen molar-refractivity contribution in [2.45, 2.75) is 12.6 Å². The van der Waals surface area contributed by atoms with Crippen LogP contribution in [0.25, 0.3) is 5.57 Å². The minimum Gasteiger partial charge on any atom is -0.253 e. The van der Waals surface area contributed by atoms with E-state index in [0.717, 1.165) is 29.1 Å². The van der Waals surface area contributed by atoms with Crippen molar-refractivity contribution in [3.63, 3.8) is 0 Å². The fraction of sp³-hybridized carbons (Fsp3) is 0.125. The van der Waals surface area contributed by atoms with Gasteiger partial charge in [-0.3, -0.25) is 4.99 Å². The predicted molar refractivity (Wildman–Crippen MR) is 82.4 cm³/mol. The summed E-state index contributed by atoms with van der Waals surface area (Å²) < 4.78 is 38.0. The Morgan fingerprint density at radius 2 is 2.05 bits per heavy atom. The van der Waals surface area contributed by atoms with Crippen LogP contribution in [0.3, 0.4) is 0 Å². The molecule has 1 aliphatic carbocycles. The van der Waals surface area contributed by atoms with Crippen LogP contribution in [-0.2, 0) is 6.18 Å². The zero-order chi connectivity index (χ0) is 15.6. The summed E-state index contributed by atoms with van der Waals surface area (Å²) in [6.45, 7) is 0. The SMILES string of the molecule is FC(F)(F)c1cccc(N=C2C=CC(c3cscn3)=CC2)c1. The Morgan fingerprint density at radius 3 is 2.68 bits per heavy atom. The molecular formula is C16H11F3N2S. The van der Waals surface area contributed by atoms with Crippen LogP contribution in [0.2, 0.25) is 0 Å². The standard InChI is InChI=1S/C16H11F3N2S/c17-16(18,19)12-2-1-3-14(8-12)21-13-6-4-11(5-7-13)15-9-22-10-20-15/h1-6,8-10H,7H2. The normalized spacial score (nSPS) is 16.9. The Hall–Kier alpha value is -2.21. The Labute approximate surface area is 129 Å². The summed E-state index contributed by atoms with van der Waals surface area (Å²) in [5.41, 5.74) is 4.01. The average Bonchev–Trinajstić information content (AvgIpc) is 3.02. The van der Waals surface area contributed by atoms with Gasteiger partial charge in [0.15, 0.2) is 0 Å². The van der Waals surface area contributed by atoms with Gasteiger partial charge in [-0.1, -0.05) is 18.2 Å². The highest BCUT2D eigenvalue weighted by Gasteiger charge is 2.30. The molecule has 22 heavy (non-hydrogen) atoms. The lowest BCUT2D eigenvalue weighted by Crippen LogP contribution is -2.04. The first-order chi connectivity index (χ1) is 10.5. The van der Waals surface area contributed by atoms with Crippen molar-refractivity contribution in [1.82, 2.24) is 4.98 Å². The molecule has 0 amide bonds. The molecule has 2 nitrogen and oxygen atoms in total. The molecule has 0 fully saturated rings. The molecule has 0 saturated heterocycles. The van der Waals surface area contributed by atoms with E-state index in [9.17, 15) is 13.2 Å². The van der Waals surface area contributed by atoms with E-state index in [4.69, 9.17) is 0 Å². The molecule has 0 unspecified atom stereocenters. The molecule has 1 aliphatic rings. The number of benzene rings is 1. The number of hydrogen-bond donors (Lipinski definition) is 0. The van der Waals surface area contributed by atoms with Gasteiger partial charge in [-0.2, -0.15) is 13.2 Å². The Bertz CT molecular complexity index is 756. The lowest BCUT2D eigenvalue weighted by atomic mass is 10.0. The number of alkyl halides is 3. The molecule has 0 spiro atoms. The quantitative estimate of drug-likeness (QED) is 0.739. The van der Waals surface area contributed by atoms with Crippen molar-refractivity contribution in [1.29, 1.82) is 0 Å². The first-order valence-electron chi connectivity index (χ1n) is 6.54. The van der Waals surface area contributed by atoms with Crippen molar-refractivity contribution in [2.24, 2.45) is 4.99 Å². The highest BCUT2D eigenvalue weighted by molar-refractivity contribution is 7.07. The first-order valence-corrected chi connectivity index (χ1v) is 7.48. The van der Waals surface area contributed by atoms with Crippen LogP contribution in [0.5, 0.6) is 0 Å². The molecule has 0 bridgehead atoms. The summed E-state index contributed by atoms with van der Waals surface area (Å²) in [5.74, 6) is 0. The van der Waals surface area contributed by atoms with Gasteiger partial charge in [-0.25, -0.2) is 4.98 Å². The van der Waals surface area contributed by atoms with E-state index >= 15 is 0 Å². The molecule has 0 N–H and O–H groups in total. The molecule has 0 saturated carbocycles. The topological polar surface area (TPSA) is 25.2 Å². The Morgan fingerprint density at radius 1 is 1.18 bits per heavy atom. The van der Waals surface area contributed by atoms with E-state index in [0.29, 0.717) is 12.1 Å². The van der Waals surface area contributed by atoms with Crippen LogP contribution >= 0.6 is 11.3 Å². The number of rotatable bonds is 2. The van der Waals surface area contributed by atoms with E-state index in [1.54, 1.807) is 11.6 Å². The lowest BCUT2D eigenvalue weighted by Gasteiger charge is -2.09. The van der Waals surface area contributed by atoms with Gasteiger partial charge in [0.05, 0.1) is 22.5 Å². The highest BCUT2D eigenvalue weighted by atomic mass is 32.1. The van der Waals surface area contributed by atoms with Crippen LogP contribution < -0.4 is 0 Å². The van der Waals surface area contributed by atoms with E-state index in [1.807, 2.05) is 23.6 Å². The zero-order valence-corrected chi connectivity index (χ0v) is 12.2. The number of thiazole rings is 1. The Kier molecular flexibility index (Phi) is 3.94. The molecule has 0 radical (unpaired) electrons. The fourth-order valence-corrected chi connectivity index (χ4v) is 2.64. The number of aliphatic imine (C=N–C) groups is 1. The van der Waals surface area contributed by atoms with Gasteiger partial charge >= 0.3 is 6.18 Å². The van der Waals surface area contributed by atoms with E-state index in [-0.39, 0.29) is 0 Å². The van der Waals surface area contributed by atoms with Crippen LogP contribution in [0, 0.1) is 0 Å². The molecule has 1 heterocycles. The summed E-state index contributed by atoms with van der Waals surface area (Å²) in [5, 5.41) is 1.95. The third-order valence-electron chi connectivity index (χ3n) is 3.16. The second-order valence-corrected chi connectivity index (χ2v) is 5.44. The van der Waals surface area contributed by atoms with Crippen LogP contribution in [0.1, 0.15) is 17.7 Å². The van der Waals surface area contributed by atoms with Crippen LogP contribution in [0.4, 0.5) is 18.9 Å². The maximum Gasteiger partial charge on any atom is 0.416 e. The highest BCUT2D eigenvalue weighted by Crippen LogP contribution is 2.31. The minimum atomic E-state index is -4.35. The van der Waals surface area contributed by atoms with Crippen molar-refractivity contribution in [2.75, 3.05) is 0 Å². The van der Waals surface area contributed by atoms with Gasteiger partial charge < -0.3 is 0 Å². The van der Waals surface area contributed by atoms with Gasteiger partial charge in [-0.15, -0.1) is 11.3 Å². The summed E-state index contributed by atoms with van der Waals surface area (Å²) in [7, 11) is 0. The van der Waals surface area contributed by atoms with Crippen LogP contribution in [-0.4, -0.2) is 10.7 Å². The summed E-state index contributed by atoms with van der Waals surface area (Å²) in [4.78, 5) is 8.50. The van der Waals surface area contributed by atoms with Gasteiger partial charge in [-0.05, 0) is 29.8 Å². The van der Waals surface area contributed by atoms with Crippen LogP contribution in [0.15, 0.2) is 58.4 Å². The molecule has 0 aliphatic heterocycles. The number of hydrogen-bond acceptors (Lipinski definition) is 3. The monoisotopic (exact) mass is 320 g/mol.